The molecule has 6 heteroatoms. The highest BCUT2D eigenvalue weighted by atomic mass is 16.3. The fourth-order valence-corrected chi connectivity index (χ4v) is 10.2. The van der Waals surface area contributed by atoms with Crippen LogP contribution in [0.4, 0.5) is 0 Å². The Balaban J connectivity index is 1.00. The summed E-state index contributed by atoms with van der Waals surface area (Å²) in [5, 5.41) is 8.95. The van der Waals surface area contributed by atoms with E-state index in [4.69, 9.17) is 23.8 Å². The number of fused-ring (bicyclic) bond motifs is 11. The van der Waals surface area contributed by atoms with Crippen molar-refractivity contribution in [2.75, 3.05) is 0 Å². The van der Waals surface area contributed by atoms with Crippen molar-refractivity contribution in [3.05, 3.63) is 218 Å². The largest absolute Gasteiger partial charge is 0.456 e. The van der Waals surface area contributed by atoms with Crippen LogP contribution in [-0.4, -0.2) is 19.5 Å². The predicted molar refractivity (Wildman–Crippen MR) is 273 cm³/mol. The monoisotopic (exact) mass is 856 g/mol. The number of hydrogen-bond acceptors (Lipinski definition) is 5. The summed E-state index contributed by atoms with van der Waals surface area (Å²) in [5.74, 6) is 1.73. The standard InChI is InChI=1S/C61H36N4O2/c1-3-15-37(16-4-1)44-24-12-28-51-52-29-14-27-50(58(52)67-57(44)51)48-26-13-25-47-49-34-31-38-17-7-8-22-43(38)55(49)65(56(47)48)42-21-11-20-40(35-42)60-62-59(39-18-5-2-6-19-39)63-61(64-60)41-32-33-46-45-23-9-10-30-53(45)66-54(46)36-41/h1-36H. The van der Waals surface area contributed by atoms with Crippen LogP contribution in [0, 0.1) is 0 Å². The van der Waals surface area contributed by atoms with E-state index in [9.17, 15) is 0 Å². The predicted octanol–water partition coefficient (Wildman–Crippen LogP) is 16.3. The maximum absolute atomic E-state index is 7.04. The van der Waals surface area contributed by atoms with Crippen LogP contribution in [0.25, 0.3) is 139 Å². The molecule has 0 bridgehead atoms. The molecule has 0 unspecified atom stereocenters. The van der Waals surface area contributed by atoms with E-state index in [0.717, 1.165) is 110 Å². The number of hydrogen-bond donors (Lipinski definition) is 0. The van der Waals surface area contributed by atoms with Gasteiger partial charge in [-0.15, -0.1) is 0 Å². The Bertz CT molecular complexity index is 4280. The van der Waals surface area contributed by atoms with Gasteiger partial charge in [0, 0.05) is 76.8 Å². The average molecular weight is 857 g/mol. The zero-order valence-corrected chi connectivity index (χ0v) is 35.9. The molecule has 0 aliphatic heterocycles. The maximum Gasteiger partial charge on any atom is 0.164 e. The Hall–Kier alpha value is -9.13. The first-order valence-electron chi connectivity index (χ1n) is 22.5. The Morgan fingerprint density at radius 3 is 1.63 bits per heavy atom. The number of furan rings is 2. The Morgan fingerprint density at radius 2 is 0.836 bits per heavy atom. The summed E-state index contributed by atoms with van der Waals surface area (Å²) in [5.41, 5.74) is 13.5. The lowest BCUT2D eigenvalue weighted by Gasteiger charge is -2.14. The molecule has 14 aromatic rings. The van der Waals surface area contributed by atoms with Crippen LogP contribution in [0.1, 0.15) is 0 Å². The first-order chi connectivity index (χ1) is 33.2. The Morgan fingerprint density at radius 1 is 0.299 bits per heavy atom. The van der Waals surface area contributed by atoms with Crippen LogP contribution >= 0.6 is 0 Å². The molecule has 0 saturated heterocycles. The van der Waals surface area contributed by atoms with Crippen LogP contribution in [0.2, 0.25) is 0 Å². The molecule has 0 atom stereocenters. The number of rotatable bonds is 6. The van der Waals surface area contributed by atoms with Gasteiger partial charge in [0.05, 0.1) is 11.0 Å². The second-order valence-electron chi connectivity index (χ2n) is 17.1. The van der Waals surface area contributed by atoms with Gasteiger partial charge in [-0.25, -0.2) is 15.0 Å². The van der Waals surface area contributed by atoms with Gasteiger partial charge in [-0.1, -0.05) is 188 Å². The van der Waals surface area contributed by atoms with Crippen molar-refractivity contribution < 1.29 is 8.83 Å². The van der Waals surface area contributed by atoms with Crippen LogP contribution in [-0.2, 0) is 0 Å². The molecule has 0 fully saturated rings. The highest BCUT2D eigenvalue weighted by Crippen LogP contribution is 2.45. The summed E-state index contributed by atoms with van der Waals surface area (Å²) in [7, 11) is 0. The van der Waals surface area contributed by atoms with Gasteiger partial charge in [0.2, 0.25) is 0 Å². The molecule has 10 aromatic carbocycles. The van der Waals surface area contributed by atoms with Gasteiger partial charge in [-0.2, -0.15) is 0 Å². The zero-order valence-electron chi connectivity index (χ0n) is 35.9. The quantitative estimate of drug-likeness (QED) is 0.167. The van der Waals surface area contributed by atoms with Crippen molar-refractivity contribution in [1.29, 1.82) is 0 Å². The van der Waals surface area contributed by atoms with Crippen LogP contribution < -0.4 is 0 Å². The van der Waals surface area contributed by atoms with E-state index in [2.05, 4.69) is 162 Å². The number of benzene rings is 10. The topological polar surface area (TPSA) is 69.9 Å². The number of para-hydroxylation sites is 4. The molecule has 67 heavy (non-hydrogen) atoms. The van der Waals surface area contributed by atoms with Crippen LogP contribution in [0.15, 0.2) is 227 Å². The molecular formula is C61H36N4O2. The van der Waals surface area contributed by atoms with Crippen molar-refractivity contribution in [1.82, 2.24) is 19.5 Å². The minimum atomic E-state index is 0.566. The van der Waals surface area contributed by atoms with Crippen LogP contribution in [0.3, 0.4) is 0 Å². The summed E-state index contributed by atoms with van der Waals surface area (Å²) in [6, 6.07) is 76.2. The summed E-state index contributed by atoms with van der Waals surface area (Å²) in [4.78, 5) is 15.5. The second-order valence-corrected chi connectivity index (χ2v) is 17.1. The lowest BCUT2D eigenvalue weighted by Crippen LogP contribution is -2.01. The lowest BCUT2D eigenvalue weighted by atomic mass is 9.98. The molecule has 0 spiro atoms. The van der Waals surface area contributed by atoms with E-state index in [1.165, 1.54) is 10.8 Å². The van der Waals surface area contributed by atoms with Gasteiger partial charge < -0.3 is 13.4 Å². The van der Waals surface area contributed by atoms with Crippen molar-refractivity contribution in [2.24, 2.45) is 0 Å². The van der Waals surface area contributed by atoms with E-state index in [0.29, 0.717) is 17.5 Å². The summed E-state index contributed by atoms with van der Waals surface area (Å²) in [6.45, 7) is 0. The first kappa shape index (κ1) is 37.3. The summed E-state index contributed by atoms with van der Waals surface area (Å²) < 4.78 is 15.8. The molecular weight excluding hydrogens is 821 g/mol. The first-order valence-corrected chi connectivity index (χ1v) is 22.5. The summed E-state index contributed by atoms with van der Waals surface area (Å²) in [6.07, 6.45) is 0. The molecule has 0 amide bonds. The maximum atomic E-state index is 7.04. The molecule has 0 aliphatic carbocycles. The van der Waals surface area contributed by atoms with Crippen molar-refractivity contribution >= 4 is 76.5 Å². The molecule has 0 saturated carbocycles. The molecule has 0 radical (unpaired) electrons. The molecule has 6 nitrogen and oxygen atoms in total. The van der Waals surface area contributed by atoms with E-state index in [-0.39, 0.29) is 0 Å². The van der Waals surface area contributed by atoms with Crippen molar-refractivity contribution in [3.8, 4) is 62.1 Å². The zero-order chi connectivity index (χ0) is 44.0. The number of aromatic nitrogens is 4. The fourth-order valence-electron chi connectivity index (χ4n) is 10.2. The van der Waals surface area contributed by atoms with E-state index in [1.807, 2.05) is 60.7 Å². The molecule has 0 aliphatic rings. The molecule has 4 aromatic heterocycles. The van der Waals surface area contributed by atoms with Gasteiger partial charge >= 0.3 is 0 Å². The Labute approximate surface area is 383 Å². The minimum absolute atomic E-state index is 0.566. The third-order valence-corrected chi connectivity index (χ3v) is 13.2. The highest BCUT2D eigenvalue weighted by molar-refractivity contribution is 6.22. The highest BCUT2D eigenvalue weighted by Gasteiger charge is 2.23. The van der Waals surface area contributed by atoms with Gasteiger partial charge in [0.25, 0.3) is 0 Å². The van der Waals surface area contributed by atoms with Gasteiger partial charge in [-0.05, 0) is 41.3 Å². The van der Waals surface area contributed by atoms with E-state index in [1.54, 1.807) is 0 Å². The molecule has 14 rings (SSSR count). The fraction of sp³-hybridized carbons (Fsp3) is 0. The Kier molecular flexibility index (Phi) is 8.18. The van der Waals surface area contributed by atoms with Gasteiger partial charge in [0.1, 0.15) is 22.3 Å². The molecule has 312 valence electrons. The average Bonchev–Trinajstić information content (AvgIpc) is 4.09. The molecule has 0 N–H and O–H groups in total. The van der Waals surface area contributed by atoms with Crippen LogP contribution in [0.5, 0.6) is 0 Å². The number of nitrogens with zero attached hydrogens (tertiary/aromatic N) is 4. The SMILES string of the molecule is c1ccc(-c2nc(-c3cccc(-n4c5c(-c6cccc7c6oc6c(-c8ccccc8)cccc67)cccc5c5ccc6ccccc6c54)c3)nc(-c3ccc4c(c3)oc3ccccc34)n2)cc1. The van der Waals surface area contributed by atoms with Gasteiger partial charge in [0.15, 0.2) is 17.5 Å². The van der Waals surface area contributed by atoms with Crippen molar-refractivity contribution in [3.63, 3.8) is 0 Å². The normalized spacial score (nSPS) is 11.9. The summed E-state index contributed by atoms with van der Waals surface area (Å²) >= 11 is 0. The lowest BCUT2D eigenvalue weighted by molar-refractivity contribution is 0.669. The van der Waals surface area contributed by atoms with E-state index >= 15 is 0 Å². The molecule has 4 heterocycles. The minimum Gasteiger partial charge on any atom is -0.456 e. The second kappa shape index (κ2) is 14.7. The smallest absolute Gasteiger partial charge is 0.164 e. The third kappa shape index (κ3) is 5.86. The van der Waals surface area contributed by atoms with E-state index < -0.39 is 0 Å². The van der Waals surface area contributed by atoms with Gasteiger partial charge in [-0.3, -0.25) is 0 Å². The van der Waals surface area contributed by atoms with Crippen molar-refractivity contribution in [2.45, 2.75) is 0 Å². The third-order valence-electron chi connectivity index (χ3n) is 13.2.